The van der Waals surface area contributed by atoms with Crippen molar-refractivity contribution in [1.82, 2.24) is 14.6 Å². The summed E-state index contributed by atoms with van der Waals surface area (Å²) >= 11 is 0. The van der Waals surface area contributed by atoms with E-state index in [0.29, 0.717) is 12.5 Å². The number of aromatic nitrogens is 3. The number of fused-ring (bicyclic) bond motifs is 2. The van der Waals surface area contributed by atoms with Crippen molar-refractivity contribution in [2.75, 3.05) is 11.9 Å². The Balaban J connectivity index is 0.00000196. The van der Waals surface area contributed by atoms with Crippen molar-refractivity contribution >= 4 is 41.3 Å². The number of aliphatic imine (C=N–C) groups is 1. The van der Waals surface area contributed by atoms with E-state index in [1.165, 1.54) is 24.0 Å². The van der Waals surface area contributed by atoms with Crippen LogP contribution in [0.5, 0.6) is 0 Å². The van der Waals surface area contributed by atoms with E-state index in [1.807, 2.05) is 28.8 Å². The number of hydrogen-bond donors (Lipinski definition) is 2. The molecule has 0 radical (unpaired) electrons. The van der Waals surface area contributed by atoms with Gasteiger partial charge in [-0.25, -0.2) is 0 Å². The maximum atomic E-state index is 6.01. The molecule has 3 aromatic rings. The zero-order valence-electron chi connectivity index (χ0n) is 14.6. The highest BCUT2D eigenvalue weighted by atomic mass is 127. The van der Waals surface area contributed by atoms with Crippen LogP contribution >= 0.6 is 24.0 Å². The predicted octanol–water partition coefficient (Wildman–Crippen LogP) is 3.20. The molecule has 4 rings (SSSR count). The van der Waals surface area contributed by atoms with Crippen molar-refractivity contribution in [3.05, 3.63) is 59.5 Å². The Morgan fingerprint density at radius 1 is 1.15 bits per heavy atom. The first-order chi connectivity index (χ1) is 12.3. The van der Waals surface area contributed by atoms with Crippen LogP contribution in [0.3, 0.4) is 0 Å². The van der Waals surface area contributed by atoms with Gasteiger partial charge >= 0.3 is 0 Å². The number of nitrogens with two attached hydrogens (primary N) is 1. The van der Waals surface area contributed by atoms with Crippen LogP contribution in [0.2, 0.25) is 0 Å². The fourth-order valence-corrected chi connectivity index (χ4v) is 3.34. The zero-order valence-corrected chi connectivity index (χ0v) is 16.9. The molecule has 0 amide bonds. The van der Waals surface area contributed by atoms with Crippen LogP contribution in [0.25, 0.3) is 5.65 Å². The van der Waals surface area contributed by atoms with Crippen molar-refractivity contribution in [3.63, 3.8) is 0 Å². The first-order valence-electron chi connectivity index (χ1n) is 8.77. The number of pyridine rings is 1. The Labute approximate surface area is 169 Å². The maximum absolute atomic E-state index is 6.01. The Morgan fingerprint density at radius 2 is 2.04 bits per heavy atom. The topological polar surface area (TPSA) is 80.6 Å². The van der Waals surface area contributed by atoms with Crippen LogP contribution in [0.15, 0.2) is 47.6 Å². The molecule has 0 saturated carbocycles. The average molecular weight is 462 g/mol. The molecule has 3 N–H and O–H groups in total. The van der Waals surface area contributed by atoms with Gasteiger partial charge in [-0.1, -0.05) is 12.1 Å². The number of nitrogens with one attached hydrogen (secondary N) is 1. The summed E-state index contributed by atoms with van der Waals surface area (Å²) in [7, 11) is 0. The molecule has 6 nitrogen and oxygen atoms in total. The van der Waals surface area contributed by atoms with E-state index in [0.717, 1.165) is 36.4 Å². The molecule has 26 heavy (non-hydrogen) atoms. The second-order valence-corrected chi connectivity index (χ2v) is 6.38. The van der Waals surface area contributed by atoms with E-state index < -0.39 is 0 Å². The van der Waals surface area contributed by atoms with Gasteiger partial charge < -0.3 is 11.1 Å². The second-order valence-electron chi connectivity index (χ2n) is 6.38. The van der Waals surface area contributed by atoms with Gasteiger partial charge in [-0.05, 0) is 61.1 Å². The third kappa shape index (κ3) is 4.14. The number of rotatable bonds is 5. The van der Waals surface area contributed by atoms with E-state index >= 15 is 0 Å². The van der Waals surface area contributed by atoms with Crippen LogP contribution in [-0.2, 0) is 19.3 Å². The molecular weight excluding hydrogens is 439 g/mol. The zero-order chi connectivity index (χ0) is 17.1. The lowest BCUT2D eigenvalue weighted by Gasteiger charge is -2.08. The van der Waals surface area contributed by atoms with Crippen LogP contribution in [0, 0.1) is 0 Å². The van der Waals surface area contributed by atoms with Gasteiger partial charge in [0.15, 0.2) is 11.6 Å². The summed E-state index contributed by atoms with van der Waals surface area (Å²) in [5.74, 6) is 1.42. The number of halogens is 1. The maximum Gasteiger partial charge on any atom is 0.193 e. The fourth-order valence-electron chi connectivity index (χ4n) is 3.34. The summed E-state index contributed by atoms with van der Waals surface area (Å²) in [6, 6.07) is 12.4. The summed E-state index contributed by atoms with van der Waals surface area (Å²) in [6.07, 6.45) is 7.28. The molecule has 136 valence electrons. The normalized spacial score (nSPS) is 13.5. The van der Waals surface area contributed by atoms with E-state index in [9.17, 15) is 0 Å². The minimum Gasteiger partial charge on any atom is -0.370 e. The number of anilines is 1. The summed E-state index contributed by atoms with van der Waals surface area (Å²) in [6.45, 7) is 0.658. The van der Waals surface area contributed by atoms with Gasteiger partial charge in [0.2, 0.25) is 0 Å². The van der Waals surface area contributed by atoms with Gasteiger partial charge in [-0.3, -0.25) is 9.39 Å². The average Bonchev–Trinajstić information content (AvgIpc) is 3.25. The quantitative estimate of drug-likeness (QED) is 0.264. The van der Waals surface area contributed by atoms with Crippen LogP contribution in [0.1, 0.15) is 29.8 Å². The standard InChI is InChI=1S/C19H22N6.HI/c20-19(22-16-10-9-14-5-3-6-15(14)13-16)21-11-4-8-18-24-23-17-7-1-2-12-25(17)18;/h1-2,7,9-10,12-13H,3-6,8,11H2,(H3,20,21,22);1H. The van der Waals surface area contributed by atoms with Crippen molar-refractivity contribution < 1.29 is 0 Å². The Hall–Kier alpha value is -2.16. The minimum absolute atomic E-state index is 0. The number of nitrogens with zero attached hydrogens (tertiary/aromatic N) is 4. The Kier molecular flexibility index (Phi) is 6.08. The predicted molar refractivity (Wildman–Crippen MR) is 115 cm³/mol. The number of benzene rings is 1. The molecule has 2 aromatic heterocycles. The molecule has 1 aliphatic carbocycles. The number of hydrogen-bond acceptors (Lipinski definition) is 3. The molecule has 0 atom stereocenters. The molecule has 0 unspecified atom stereocenters. The number of guanidine groups is 1. The summed E-state index contributed by atoms with van der Waals surface area (Å²) in [4.78, 5) is 4.42. The van der Waals surface area contributed by atoms with Gasteiger partial charge in [-0.15, -0.1) is 34.2 Å². The summed E-state index contributed by atoms with van der Waals surface area (Å²) in [5.41, 5.74) is 10.8. The van der Waals surface area contributed by atoms with E-state index in [1.54, 1.807) is 0 Å². The van der Waals surface area contributed by atoms with Crippen molar-refractivity contribution in [2.24, 2.45) is 10.7 Å². The molecule has 0 bridgehead atoms. The van der Waals surface area contributed by atoms with Gasteiger partial charge in [0.1, 0.15) is 5.82 Å². The van der Waals surface area contributed by atoms with Crippen molar-refractivity contribution in [1.29, 1.82) is 0 Å². The van der Waals surface area contributed by atoms with E-state index in [2.05, 4.69) is 38.7 Å². The Bertz CT molecular complexity index is 917. The molecule has 2 heterocycles. The van der Waals surface area contributed by atoms with E-state index in [-0.39, 0.29) is 24.0 Å². The lowest BCUT2D eigenvalue weighted by Crippen LogP contribution is -2.23. The van der Waals surface area contributed by atoms with Crippen LogP contribution < -0.4 is 11.1 Å². The van der Waals surface area contributed by atoms with Crippen LogP contribution in [0.4, 0.5) is 5.69 Å². The first kappa shape index (κ1) is 18.6. The third-order valence-corrected chi connectivity index (χ3v) is 4.60. The highest BCUT2D eigenvalue weighted by molar-refractivity contribution is 14.0. The minimum atomic E-state index is 0. The monoisotopic (exact) mass is 462 g/mol. The van der Waals surface area contributed by atoms with Crippen molar-refractivity contribution in [2.45, 2.75) is 32.1 Å². The summed E-state index contributed by atoms with van der Waals surface area (Å²) in [5, 5.41) is 11.6. The summed E-state index contributed by atoms with van der Waals surface area (Å²) < 4.78 is 2.01. The SMILES string of the molecule is I.NC(=NCCCc1nnc2ccccn12)Nc1ccc2c(c1)CCC2. The lowest BCUT2D eigenvalue weighted by molar-refractivity contribution is 0.770. The lowest BCUT2D eigenvalue weighted by atomic mass is 10.1. The molecule has 7 heteroatoms. The molecule has 1 aliphatic rings. The first-order valence-corrected chi connectivity index (χ1v) is 8.77. The molecule has 0 aliphatic heterocycles. The molecule has 0 spiro atoms. The van der Waals surface area contributed by atoms with Gasteiger partial charge in [0.25, 0.3) is 0 Å². The van der Waals surface area contributed by atoms with Gasteiger partial charge in [-0.2, -0.15) is 0 Å². The Morgan fingerprint density at radius 3 is 2.96 bits per heavy atom. The van der Waals surface area contributed by atoms with Crippen molar-refractivity contribution in [3.8, 4) is 0 Å². The largest absolute Gasteiger partial charge is 0.370 e. The van der Waals surface area contributed by atoms with Gasteiger partial charge in [0, 0.05) is 24.8 Å². The van der Waals surface area contributed by atoms with E-state index in [4.69, 9.17) is 5.73 Å². The molecule has 0 saturated heterocycles. The van der Waals surface area contributed by atoms with Gasteiger partial charge in [0.05, 0.1) is 0 Å². The molecular formula is C19H23IN6. The molecule has 0 fully saturated rings. The highest BCUT2D eigenvalue weighted by Crippen LogP contribution is 2.24. The number of aryl methyl sites for hydroxylation is 3. The second kappa shape index (κ2) is 8.48. The molecule has 1 aromatic carbocycles. The fraction of sp³-hybridized carbons (Fsp3) is 0.316. The van der Waals surface area contributed by atoms with Crippen LogP contribution in [-0.4, -0.2) is 27.1 Å². The smallest absolute Gasteiger partial charge is 0.193 e. The third-order valence-electron chi connectivity index (χ3n) is 4.60. The highest BCUT2D eigenvalue weighted by Gasteiger charge is 2.10.